The predicted octanol–water partition coefficient (Wildman–Crippen LogP) is 2.55. The number of rotatable bonds is 1. The summed E-state index contributed by atoms with van der Waals surface area (Å²) in [6.07, 6.45) is 1.64. The Balaban J connectivity index is 2.92. The highest BCUT2D eigenvalue weighted by Gasteiger charge is 2.11. The van der Waals surface area contributed by atoms with Crippen molar-refractivity contribution >= 4 is 16.9 Å². The lowest BCUT2D eigenvalue weighted by Gasteiger charge is -2.05. The maximum absolute atomic E-state index is 11.0. The van der Waals surface area contributed by atoms with Gasteiger partial charge in [-0.2, -0.15) is 0 Å². The summed E-state index contributed by atoms with van der Waals surface area (Å²) in [6.45, 7) is 3.84. The molecule has 0 aliphatic heterocycles. The van der Waals surface area contributed by atoms with Crippen LogP contribution in [0.2, 0.25) is 0 Å². The van der Waals surface area contributed by atoms with Gasteiger partial charge in [-0.1, -0.05) is 0 Å². The monoisotopic (exact) mass is 201 g/mol. The summed E-state index contributed by atoms with van der Waals surface area (Å²) >= 11 is 0. The van der Waals surface area contributed by atoms with Gasteiger partial charge in [0.25, 0.3) is 0 Å². The van der Waals surface area contributed by atoms with Crippen molar-refractivity contribution in [2.45, 2.75) is 13.8 Å². The summed E-state index contributed by atoms with van der Waals surface area (Å²) in [5.74, 6) is -0.929. The molecule has 2 aromatic rings. The average molecular weight is 201 g/mol. The lowest BCUT2D eigenvalue weighted by atomic mass is 10.0. The number of benzene rings is 1. The first-order chi connectivity index (χ1) is 7.09. The molecule has 0 bridgehead atoms. The van der Waals surface area contributed by atoms with Crippen molar-refractivity contribution < 1.29 is 9.90 Å². The van der Waals surface area contributed by atoms with Crippen molar-refractivity contribution in [3.8, 4) is 0 Å². The molecule has 3 heteroatoms. The lowest BCUT2D eigenvalue weighted by molar-refractivity contribution is 0.0698. The van der Waals surface area contributed by atoms with Crippen LogP contribution in [-0.2, 0) is 0 Å². The fourth-order valence-electron chi connectivity index (χ4n) is 1.69. The second-order valence-electron chi connectivity index (χ2n) is 3.64. The number of fused-ring (bicyclic) bond motifs is 1. The van der Waals surface area contributed by atoms with Crippen molar-refractivity contribution in [3.63, 3.8) is 0 Å². The minimum absolute atomic E-state index is 0.272. The normalized spacial score (nSPS) is 10.5. The van der Waals surface area contributed by atoms with Gasteiger partial charge in [-0.05, 0) is 43.2 Å². The van der Waals surface area contributed by atoms with Crippen molar-refractivity contribution in [1.82, 2.24) is 4.98 Å². The average Bonchev–Trinajstić information content (AvgIpc) is 2.18. The summed E-state index contributed by atoms with van der Waals surface area (Å²) < 4.78 is 0. The van der Waals surface area contributed by atoms with Gasteiger partial charge in [0.05, 0.1) is 11.1 Å². The molecule has 0 fully saturated rings. The van der Waals surface area contributed by atoms with Gasteiger partial charge in [-0.15, -0.1) is 0 Å². The topological polar surface area (TPSA) is 50.2 Å². The van der Waals surface area contributed by atoms with E-state index >= 15 is 0 Å². The van der Waals surface area contributed by atoms with Crippen LogP contribution in [0.15, 0.2) is 24.4 Å². The number of aryl methyl sites for hydroxylation is 2. The van der Waals surface area contributed by atoms with Crippen LogP contribution in [0.4, 0.5) is 0 Å². The molecule has 1 N–H and O–H groups in total. The number of carboxylic acids is 1. The molecular formula is C12H11NO2. The molecule has 15 heavy (non-hydrogen) atoms. The van der Waals surface area contributed by atoms with Gasteiger partial charge < -0.3 is 5.11 Å². The Bertz CT molecular complexity index is 547. The Kier molecular flexibility index (Phi) is 2.15. The van der Waals surface area contributed by atoms with Crippen molar-refractivity contribution in [3.05, 3.63) is 41.1 Å². The van der Waals surface area contributed by atoms with Gasteiger partial charge >= 0.3 is 5.97 Å². The van der Waals surface area contributed by atoms with Crippen LogP contribution in [0.1, 0.15) is 21.5 Å². The molecule has 0 aliphatic rings. The zero-order chi connectivity index (χ0) is 11.0. The first kappa shape index (κ1) is 9.65. The quantitative estimate of drug-likeness (QED) is 0.771. The number of nitrogens with zero attached hydrogens (tertiary/aromatic N) is 1. The van der Waals surface area contributed by atoms with E-state index in [0.717, 1.165) is 16.5 Å². The van der Waals surface area contributed by atoms with E-state index in [2.05, 4.69) is 4.98 Å². The van der Waals surface area contributed by atoms with Crippen LogP contribution in [0.5, 0.6) is 0 Å². The number of carboxylic acid groups (broad SMARTS) is 1. The molecule has 0 amide bonds. The van der Waals surface area contributed by atoms with E-state index in [1.54, 1.807) is 12.3 Å². The molecule has 0 spiro atoms. The summed E-state index contributed by atoms with van der Waals surface area (Å²) in [4.78, 5) is 15.2. The van der Waals surface area contributed by atoms with Gasteiger partial charge in [0.2, 0.25) is 0 Å². The van der Waals surface area contributed by atoms with Crippen LogP contribution in [0.3, 0.4) is 0 Å². The van der Waals surface area contributed by atoms with E-state index in [0.29, 0.717) is 5.52 Å². The maximum Gasteiger partial charge on any atom is 0.337 e. The van der Waals surface area contributed by atoms with Gasteiger partial charge in [-0.3, -0.25) is 4.98 Å². The summed E-state index contributed by atoms with van der Waals surface area (Å²) in [7, 11) is 0. The lowest BCUT2D eigenvalue weighted by Crippen LogP contribution is -2.00. The molecule has 76 valence electrons. The summed E-state index contributed by atoms with van der Waals surface area (Å²) in [5.41, 5.74) is 2.82. The molecular weight excluding hydrogens is 190 g/mol. The molecule has 1 aromatic heterocycles. The van der Waals surface area contributed by atoms with E-state index in [9.17, 15) is 4.79 Å². The Labute approximate surface area is 87.4 Å². The van der Waals surface area contributed by atoms with Crippen molar-refractivity contribution in [2.24, 2.45) is 0 Å². The Morgan fingerprint density at radius 2 is 2.07 bits per heavy atom. The molecule has 0 aliphatic carbocycles. The van der Waals surface area contributed by atoms with Gasteiger partial charge in [0.15, 0.2) is 0 Å². The van der Waals surface area contributed by atoms with Gasteiger partial charge in [0, 0.05) is 11.6 Å². The van der Waals surface area contributed by atoms with E-state index < -0.39 is 5.97 Å². The smallest absolute Gasteiger partial charge is 0.337 e. The van der Waals surface area contributed by atoms with Crippen molar-refractivity contribution in [2.75, 3.05) is 0 Å². The number of aromatic nitrogens is 1. The molecule has 0 atom stereocenters. The summed E-state index contributed by atoms with van der Waals surface area (Å²) in [5, 5.41) is 9.97. The van der Waals surface area contributed by atoms with Crippen LogP contribution in [0, 0.1) is 13.8 Å². The fraction of sp³-hybridized carbons (Fsp3) is 0.167. The van der Waals surface area contributed by atoms with E-state index in [1.165, 1.54) is 0 Å². The van der Waals surface area contributed by atoms with Crippen LogP contribution in [-0.4, -0.2) is 16.1 Å². The third-order valence-corrected chi connectivity index (χ3v) is 2.44. The minimum Gasteiger partial charge on any atom is -0.478 e. The third-order valence-electron chi connectivity index (χ3n) is 2.44. The molecule has 0 saturated heterocycles. The third kappa shape index (κ3) is 1.56. The second kappa shape index (κ2) is 3.35. The zero-order valence-corrected chi connectivity index (χ0v) is 8.61. The van der Waals surface area contributed by atoms with Crippen LogP contribution in [0.25, 0.3) is 10.9 Å². The standard InChI is InChI=1S/C12H11NO2/c1-7-5-9-8(2)3-4-13-11(9)10(6-7)12(14)15/h3-6H,1-2H3,(H,14,15). The van der Waals surface area contributed by atoms with E-state index in [4.69, 9.17) is 5.11 Å². The zero-order valence-electron chi connectivity index (χ0n) is 8.61. The molecule has 0 radical (unpaired) electrons. The number of hydrogen-bond donors (Lipinski definition) is 1. The van der Waals surface area contributed by atoms with Crippen molar-refractivity contribution in [1.29, 1.82) is 0 Å². The second-order valence-corrected chi connectivity index (χ2v) is 3.64. The summed E-state index contributed by atoms with van der Waals surface area (Å²) in [6, 6.07) is 5.49. The molecule has 1 aromatic carbocycles. The first-order valence-corrected chi connectivity index (χ1v) is 4.69. The number of aromatic carboxylic acids is 1. The highest BCUT2D eigenvalue weighted by Crippen LogP contribution is 2.21. The Hall–Kier alpha value is -1.90. The highest BCUT2D eigenvalue weighted by molar-refractivity contribution is 6.02. The predicted molar refractivity (Wildman–Crippen MR) is 58.2 cm³/mol. The number of hydrogen-bond acceptors (Lipinski definition) is 2. The number of pyridine rings is 1. The largest absolute Gasteiger partial charge is 0.478 e. The fourth-order valence-corrected chi connectivity index (χ4v) is 1.69. The Morgan fingerprint density at radius 3 is 2.73 bits per heavy atom. The van der Waals surface area contributed by atoms with E-state index in [-0.39, 0.29) is 5.56 Å². The molecule has 0 saturated carbocycles. The first-order valence-electron chi connectivity index (χ1n) is 4.69. The molecule has 1 heterocycles. The minimum atomic E-state index is -0.929. The molecule has 0 unspecified atom stereocenters. The molecule has 2 rings (SSSR count). The van der Waals surface area contributed by atoms with Gasteiger partial charge in [0.1, 0.15) is 0 Å². The van der Waals surface area contributed by atoms with Gasteiger partial charge in [-0.25, -0.2) is 4.79 Å². The molecule has 3 nitrogen and oxygen atoms in total. The van der Waals surface area contributed by atoms with E-state index in [1.807, 2.05) is 26.0 Å². The highest BCUT2D eigenvalue weighted by atomic mass is 16.4. The maximum atomic E-state index is 11.0. The van der Waals surface area contributed by atoms with Crippen LogP contribution >= 0.6 is 0 Å². The Morgan fingerprint density at radius 1 is 1.33 bits per heavy atom. The number of carbonyl (C=O) groups is 1. The van der Waals surface area contributed by atoms with Crippen LogP contribution < -0.4 is 0 Å². The SMILES string of the molecule is Cc1cc(C(=O)O)c2nccc(C)c2c1.